The van der Waals surface area contributed by atoms with Crippen LogP contribution in [-0.4, -0.2) is 21.2 Å². The number of carbonyl (C=O) groups excluding carboxylic acids is 1. The summed E-state index contributed by atoms with van der Waals surface area (Å²) < 4.78 is 1.10. The van der Waals surface area contributed by atoms with Gasteiger partial charge >= 0.3 is 0 Å². The van der Waals surface area contributed by atoms with Crippen molar-refractivity contribution in [2.45, 2.75) is 6.92 Å². The number of rotatable bonds is 2. The quantitative estimate of drug-likeness (QED) is 0.783. The van der Waals surface area contributed by atoms with Crippen molar-refractivity contribution in [1.29, 1.82) is 0 Å². The zero-order chi connectivity index (χ0) is 12.4. The molecule has 0 saturated heterocycles. The molecule has 0 atom stereocenters. The van der Waals surface area contributed by atoms with Gasteiger partial charge in [-0.15, -0.1) is 0 Å². The minimum Gasteiger partial charge on any atom is -0.505 e. The zero-order valence-electron chi connectivity index (χ0n) is 9.12. The van der Waals surface area contributed by atoms with E-state index in [0.29, 0.717) is 12.0 Å². The van der Waals surface area contributed by atoms with Crippen LogP contribution >= 0.6 is 0 Å². The Morgan fingerprint density at radius 1 is 1.35 bits per heavy atom. The Morgan fingerprint density at radius 2 is 2.06 bits per heavy atom. The van der Waals surface area contributed by atoms with Crippen molar-refractivity contribution in [3.63, 3.8) is 0 Å². The molecule has 2 rings (SSSR count). The summed E-state index contributed by atoms with van der Waals surface area (Å²) in [6, 6.07) is 8.13. The standard InChI is InChI=1S/C12H10N2O3/c1-8-4-2-3-5-10(8)14-12(17)6-11(16)9(7-15)13-14/h2-7,16H,1H3. The molecule has 0 radical (unpaired) electrons. The molecule has 0 aliphatic rings. The number of carbonyl (C=O) groups is 1. The number of benzene rings is 1. The Bertz CT molecular complexity index is 632. The number of nitrogens with zero attached hydrogens (tertiary/aromatic N) is 2. The molecule has 1 N–H and O–H groups in total. The first-order valence-electron chi connectivity index (χ1n) is 4.98. The molecule has 1 aromatic carbocycles. The molecule has 86 valence electrons. The summed E-state index contributed by atoms with van der Waals surface area (Å²) in [6.07, 6.45) is 0.406. The van der Waals surface area contributed by atoms with Crippen molar-refractivity contribution in [2.24, 2.45) is 0 Å². The van der Waals surface area contributed by atoms with Crippen molar-refractivity contribution in [3.8, 4) is 11.4 Å². The van der Waals surface area contributed by atoms with E-state index in [4.69, 9.17) is 0 Å². The van der Waals surface area contributed by atoms with E-state index < -0.39 is 11.3 Å². The third kappa shape index (κ3) is 1.94. The van der Waals surface area contributed by atoms with Crippen molar-refractivity contribution in [1.82, 2.24) is 9.78 Å². The van der Waals surface area contributed by atoms with E-state index in [2.05, 4.69) is 5.10 Å². The molecule has 17 heavy (non-hydrogen) atoms. The molecule has 2 aromatic rings. The van der Waals surface area contributed by atoms with Gasteiger partial charge in [-0.3, -0.25) is 9.59 Å². The van der Waals surface area contributed by atoms with Crippen LogP contribution in [0.15, 0.2) is 35.1 Å². The highest BCUT2D eigenvalue weighted by Crippen LogP contribution is 2.13. The largest absolute Gasteiger partial charge is 0.505 e. The van der Waals surface area contributed by atoms with Crippen LogP contribution in [-0.2, 0) is 0 Å². The van der Waals surface area contributed by atoms with Crippen LogP contribution in [0.2, 0.25) is 0 Å². The molecule has 0 unspecified atom stereocenters. The number of aryl methyl sites for hydroxylation is 1. The number of hydrogen-bond donors (Lipinski definition) is 1. The fourth-order valence-electron chi connectivity index (χ4n) is 1.52. The Balaban J connectivity index is 2.72. The molecule has 1 heterocycles. The first-order valence-corrected chi connectivity index (χ1v) is 4.98. The van der Waals surface area contributed by atoms with Gasteiger partial charge in [-0.25, -0.2) is 0 Å². The van der Waals surface area contributed by atoms with Gasteiger partial charge in [-0.1, -0.05) is 18.2 Å². The summed E-state index contributed by atoms with van der Waals surface area (Å²) in [5.74, 6) is -0.408. The van der Waals surface area contributed by atoms with E-state index in [1.165, 1.54) is 0 Å². The fraction of sp³-hybridized carbons (Fsp3) is 0.0833. The van der Waals surface area contributed by atoms with Gasteiger partial charge in [0.25, 0.3) is 5.56 Å². The molecule has 1 aromatic heterocycles. The first kappa shape index (κ1) is 11.1. The SMILES string of the molecule is Cc1ccccc1-n1nc(C=O)c(O)cc1=O. The lowest BCUT2D eigenvalue weighted by Crippen LogP contribution is -2.22. The van der Waals surface area contributed by atoms with E-state index in [1.54, 1.807) is 12.1 Å². The molecule has 5 nitrogen and oxygen atoms in total. The van der Waals surface area contributed by atoms with Gasteiger partial charge in [0.2, 0.25) is 0 Å². The summed E-state index contributed by atoms with van der Waals surface area (Å²) in [4.78, 5) is 22.4. The Hall–Kier alpha value is -2.43. The highest BCUT2D eigenvalue weighted by Gasteiger charge is 2.09. The first-order chi connectivity index (χ1) is 8.13. The lowest BCUT2D eigenvalue weighted by molar-refractivity contribution is 0.111. The van der Waals surface area contributed by atoms with Crippen molar-refractivity contribution in [2.75, 3.05) is 0 Å². The normalized spacial score (nSPS) is 10.2. The van der Waals surface area contributed by atoms with Gasteiger partial charge in [0, 0.05) is 6.07 Å². The maximum Gasteiger partial charge on any atom is 0.275 e. The van der Waals surface area contributed by atoms with Gasteiger partial charge in [0.15, 0.2) is 17.7 Å². The molecule has 0 amide bonds. The van der Waals surface area contributed by atoms with Crippen LogP contribution in [0.3, 0.4) is 0 Å². The number of para-hydroxylation sites is 1. The van der Waals surface area contributed by atoms with Crippen molar-refractivity contribution >= 4 is 6.29 Å². The van der Waals surface area contributed by atoms with Crippen LogP contribution in [0.25, 0.3) is 5.69 Å². The second-order valence-electron chi connectivity index (χ2n) is 3.57. The second kappa shape index (κ2) is 4.21. The molecule has 0 aliphatic carbocycles. The average Bonchev–Trinajstić information content (AvgIpc) is 2.31. The Labute approximate surface area is 97.0 Å². The van der Waals surface area contributed by atoms with Gasteiger partial charge < -0.3 is 5.11 Å². The second-order valence-corrected chi connectivity index (χ2v) is 3.57. The maximum absolute atomic E-state index is 11.7. The van der Waals surface area contributed by atoms with Crippen LogP contribution in [0.5, 0.6) is 5.75 Å². The average molecular weight is 230 g/mol. The molecule has 5 heteroatoms. The molecule has 0 bridgehead atoms. The van der Waals surface area contributed by atoms with E-state index in [1.807, 2.05) is 19.1 Å². The van der Waals surface area contributed by atoms with E-state index in [-0.39, 0.29) is 5.69 Å². The minimum atomic E-state index is -0.484. The van der Waals surface area contributed by atoms with Crippen LogP contribution in [0.1, 0.15) is 16.1 Å². The molecule has 0 fully saturated rings. The van der Waals surface area contributed by atoms with Crippen LogP contribution < -0.4 is 5.56 Å². The molecule has 0 aliphatic heterocycles. The molecular formula is C12H10N2O3. The highest BCUT2D eigenvalue weighted by atomic mass is 16.3. The summed E-state index contributed by atoms with van der Waals surface area (Å²) in [5, 5.41) is 13.1. The Morgan fingerprint density at radius 3 is 2.71 bits per heavy atom. The number of aldehydes is 1. The third-order valence-corrected chi connectivity index (χ3v) is 2.39. The predicted molar refractivity (Wildman–Crippen MR) is 61.6 cm³/mol. The van der Waals surface area contributed by atoms with Gasteiger partial charge in [-0.2, -0.15) is 9.78 Å². The van der Waals surface area contributed by atoms with Crippen LogP contribution in [0.4, 0.5) is 0 Å². The summed E-state index contributed by atoms with van der Waals surface area (Å²) in [7, 11) is 0. The third-order valence-electron chi connectivity index (χ3n) is 2.39. The van der Waals surface area contributed by atoms with Gasteiger partial charge in [0.1, 0.15) is 0 Å². The van der Waals surface area contributed by atoms with E-state index in [0.717, 1.165) is 16.3 Å². The van der Waals surface area contributed by atoms with E-state index >= 15 is 0 Å². The lowest BCUT2D eigenvalue weighted by atomic mass is 10.2. The highest BCUT2D eigenvalue weighted by molar-refractivity contribution is 5.75. The molecule has 0 spiro atoms. The maximum atomic E-state index is 11.7. The fourth-order valence-corrected chi connectivity index (χ4v) is 1.52. The smallest absolute Gasteiger partial charge is 0.275 e. The van der Waals surface area contributed by atoms with Crippen molar-refractivity contribution < 1.29 is 9.90 Å². The Kier molecular flexibility index (Phi) is 2.74. The summed E-state index contributed by atoms with van der Waals surface area (Å²) in [5.41, 5.74) is 0.792. The number of aromatic hydroxyl groups is 1. The monoisotopic (exact) mass is 230 g/mol. The lowest BCUT2D eigenvalue weighted by Gasteiger charge is -2.08. The van der Waals surface area contributed by atoms with Crippen LogP contribution in [0, 0.1) is 6.92 Å². The van der Waals surface area contributed by atoms with Gasteiger partial charge in [0.05, 0.1) is 5.69 Å². The topological polar surface area (TPSA) is 72.2 Å². The molecule has 0 saturated carbocycles. The van der Waals surface area contributed by atoms with Crippen molar-refractivity contribution in [3.05, 3.63) is 51.9 Å². The summed E-state index contributed by atoms with van der Waals surface area (Å²) >= 11 is 0. The summed E-state index contributed by atoms with van der Waals surface area (Å²) in [6.45, 7) is 1.83. The predicted octanol–water partition coefficient (Wildman–Crippen LogP) is 1.06. The number of hydrogen-bond acceptors (Lipinski definition) is 4. The number of aromatic nitrogens is 2. The van der Waals surface area contributed by atoms with Gasteiger partial charge in [-0.05, 0) is 18.6 Å². The minimum absolute atomic E-state index is 0.159. The molecular weight excluding hydrogens is 220 g/mol. The zero-order valence-corrected chi connectivity index (χ0v) is 9.12. The van der Waals surface area contributed by atoms with E-state index in [9.17, 15) is 14.7 Å².